The van der Waals surface area contributed by atoms with Crippen LogP contribution in [0.25, 0.3) is 11.1 Å². The Balaban J connectivity index is 1.97. The Morgan fingerprint density at radius 1 is 1.20 bits per heavy atom. The van der Waals surface area contributed by atoms with Crippen LogP contribution in [0.2, 0.25) is 5.02 Å². The maximum Gasteiger partial charge on any atom is 0.422 e. The number of rotatable bonds is 7. The number of thioether (sulfide) groups is 1. The van der Waals surface area contributed by atoms with Gasteiger partial charge in [0.05, 0.1) is 10.4 Å². The van der Waals surface area contributed by atoms with Crippen LogP contribution in [0.4, 0.5) is 13.2 Å². The average molecular weight is 459 g/mol. The molecule has 3 nitrogen and oxygen atoms in total. The predicted molar refractivity (Wildman–Crippen MR) is 112 cm³/mol. The quantitative estimate of drug-likeness (QED) is 0.250. The molecule has 162 valence electrons. The molecule has 0 spiro atoms. The molecule has 2 aromatic rings. The first-order valence-electron chi connectivity index (χ1n) is 9.57. The van der Waals surface area contributed by atoms with Crippen molar-refractivity contribution in [2.75, 3.05) is 12.9 Å². The zero-order valence-electron chi connectivity index (χ0n) is 16.6. The third kappa shape index (κ3) is 5.06. The minimum absolute atomic E-state index is 0.0485. The number of hydrogen-bond donors (Lipinski definition) is 0. The van der Waals surface area contributed by atoms with Crippen LogP contribution in [0.1, 0.15) is 32.6 Å². The van der Waals surface area contributed by atoms with Crippen LogP contribution in [0, 0.1) is 5.41 Å². The summed E-state index contributed by atoms with van der Waals surface area (Å²) in [7, 11) is 0. The molecule has 8 heteroatoms. The smallest absolute Gasteiger partial charge is 0.422 e. The van der Waals surface area contributed by atoms with E-state index in [0.29, 0.717) is 17.5 Å². The van der Waals surface area contributed by atoms with Crippen molar-refractivity contribution in [1.29, 1.82) is 0 Å². The summed E-state index contributed by atoms with van der Waals surface area (Å²) in [6.07, 6.45) is 0.605. The van der Waals surface area contributed by atoms with Crippen LogP contribution >= 0.6 is 23.4 Å². The highest BCUT2D eigenvalue weighted by atomic mass is 35.5. The highest BCUT2D eigenvalue weighted by Crippen LogP contribution is 2.46. The number of benzene rings is 2. The van der Waals surface area contributed by atoms with Gasteiger partial charge in [-0.25, -0.2) is 0 Å². The first-order chi connectivity index (χ1) is 14.2. The first kappa shape index (κ1) is 22.8. The third-order valence-corrected chi connectivity index (χ3v) is 6.45. The summed E-state index contributed by atoms with van der Waals surface area (Å²) in [5, 5.41) is -0.0485. The van der Waals surface area contributed by atoms with Crippen molar-refractivity contribution in [2.45, 2.75) is 43.7 Å². The van der Waals surface area contributed by atoms with Crippen LogP contribution in [0.15, 0.2) is 41.3 Å². The molecule has 1 aliphatic rings. The van der Waals surface area contributed by atoms with Crippen molar-refractivity contribution in [2.24, 2.45) is 5.41 Å². The molecular weight excluding hydrogens is 437 g/mol. The second kappa shape index (κ2) is 9.10. The predicted octanol–water partition coefficient (Wildman–Crippen LogP) is 7.16. The molecule has 0 bridgehead atoms. The summed E-state index contributed by atoms with van der Waals surface area (Å²) < 4.78 is 48.8. The Bertz CT molecular complexity index is 904. The summed E-state index contributed by atoms with van der Waals surface area (Å²) in [6.45, 7) is 0.473. The minimum atomic E-state index is -4.51. The number of ether oxygens (including phenoxy) is 2. The summed E-state index contributed by atoms with van der Waals surface area (Å²) in [4.78, 5) is 13.7. The van der Waals surface area contributed by atoms with E-state index in [0.717, 1.165) is 24.2 Å². The van der Waals surface area contributed by atoms with E-state index in [1.807, 2.05) is 25.3 Å². The maximum atomic E-state index is 12.7. The van der Waals surface area contributed by atoms with Gasteiger partial charge >= 0.3 is 12.1 Å². The van der Waals surface area contributed by atoms with E-state index < -0.39 is 18.2 Å². The fraction of sp³-hybridized carbons (Fsp3) is 0.409. The van der Waals surface area contributed by atoms with Gasteiger partial charge in [-0.2, -0.15) is 13.2 Å². The number of alkyl halides is 3. The van der Waals surface area contributed by atoms with Gasteiger partial charge in [-0.1, -0.05) is 37.1 Å². The van der Waals surface area contributed by atoms with Gasteiger partial charge < -0.3 is 9.47 Å². The molecule has 0 atom stereocenters. The van der Waals surface area contributed by atoms with Gasteiger partial charge in [0, 0.05) is 16.5 Å². The largest absolute Gasteiger partial charge is 0.482 e. The minimum Gasteiger partial charge on any atom is -0.482 e. The van der Waals surface area contributed by atoms with Crippen molar-refractivity contribution < 1.29 is 27.4 Å². The van der Waals surface area contributed by atoms with Crippen molar-refractivity contribution >= 4 is 29.3 Å². The second-order valence-electron chi connectivity index (χ2n) is 7.29. The molecule has 30 heavy (non-hydrogen) atoms. The highest BCUT2D eigenvalue weighted by Gasteiger charge is 2.44. The number of halogens is 4. The molecule has 1 aliphatic carbocycles. The van der Waals surface area contributed by atoms with Crippen molar-refractivity contribution in [3.05, 3.63) is 41.4 Å². The number of carbonyl (C=O) groups is 1. The SMILES string of the molecule is CCC1(C(=O)Oc2cc(Cl)c(OCC(F)(F)F)c(-c3ccc(SC)cc3)c2)CCC1. The second-order valence-corrected chi connectivity index (χ2v) is 8.58. The standard InChI is InChI=1S/C22H22ClF3O3S/c1-3-21(9-4-10-21)20(27)29-15-11-17(14-5-7-16(30-2)8-6-14)19(18(23)12-15)28-13-22(24,25)26/h5-8,11-12H,3-4,9-10,13H2,1-2H3. The van der Waals surface area contributed by atoms with Crippen molar-refractivity contribution in [3.63, 3.8) is 0 Å². The third-order valence-electron chi connectivity index (χ3n) is 5.43. The number of carbonyl (C=O) groups excluding carboxylic acids is 1. The lowest BCUT2D eigenvalue weighted by Crippen LogP contribution is -2.40. The van der Waals surface area contributed by atoms with Crippen molar-refractivity contribution in [1.82, 2.24) is 0 Å². The lowest BCUT2D eigenvalue weighted by atomic mass is 9.67. The van der Waals surface area contributed by atoms with E-state index in [4.69, 9.17) is 21.1 Å². The van der Waals surface area contributed by atoms with E-state index in [1.54, 1.807) is 23.9 Å². The molecule has 0 heterocycles. The molecule has 2 aromatic carbocycles. The first-order valence-corrected chi connectivity index (χ1v) is 11.2. The Morgan fingerprint density at radius 2 is 1.87 bits per heavy atom. The molecule has 0 radical (unpaired) electrons. The number of esters is 1. The zero-order chi connectivity index (χ0) is 21.9. The molecule has 3 rings (SSSR count). The highest BCUT2D eigenvalue weighted by molar-refractivity contribution is 7.98. The molecule has 0 saturated heterocycles. The van der Waals surface area contributed by atoms with Gasteiger partial charge in [0.25, 0.3) is 0 Å². The maximum absolute atomic E-state index is 12.7. The van der Waals surface area contributed by atoms with Gasteiger partial charge in [-0.15, -0.1) is 11.8 Å². The van der Waals surface area contributed by atoms with Crippen LogP contribution in [-0.2, 0) is 4.79 Å². The molecule has 1 fully saturated rings. The van der Waals surface area contributed by atoms with E-state index >= 15 is 0 Å². The number of hydrogen-bond acceptors (Lipinski definition) is 4. The van der Waals surface area contributed by atoms with E-state index in [1.165, 1.54) is 12.1 Å². The molecule has 1 saturated carbocycles. The van der Waals surface area contributed by atoms with Gasteiger partial charge in [-0.3, -0.25) is 4.79 Å². The molecular formula is C22H22ClF3O3S. The van der Waals surface area contributed by atoms with E-state index in [-0.39, 0.29) is 22.5 Å². The molecule has 0 N–H and O–H groups in total. The Morgan fingerprint density at radius 3 is 2.37 bits per heavy atom. The lowest BCUT2D eigenvalue weighted by Gasteiger charge is -2.38. The van der Waals surface area contributed by atoms with Crippen LogP contribution in [0.5, 0.6) is 11.5 Å². The fourth-order valence-corrected chi connectivity index (χ4v) is 4.11. The normalized spacial score (nSPS) is 15.4. The van der Waals surface area contributed by atoms with Gasteiger partial charge in [0.1, 0.15) is 11.5 Å². The monoisotopic (exact) mass is 458 g/mol. The summed E-state index contributed by atoms with van der Waals surface area (Å²) in [5.74, 6) is -0.243. The van der Waals surface area contributed by atoms with E-state index in [2.05, 4.69) is 0 Å². The van der Waals surface area contributed by atoms with Crippen LogP contribution < -0.4 is 9.47 Å². The Kier molecular flexibility index (Phi) is 6.92. The molecule has 0 unspecified atom stereocenters. The Hall–Kier alpha value is -1.86. The lowest BCUT2D eigenvalue weighted by molar-refractivity contribution is -0.153. The van der Waals surface area contributed by atoms with Gasteiger partial charge in [0.2, 0.25) is 0 Å². The van der Waals surface area contributed by atoms with Crippen LogP contribution in [-0.4, -0.2) is 25.0 Å². The average Bonchev–Trinajstić information content (AvgIpc) is 2.65. The van der Waals surface area contributed by atoms with Crippen LogP contribution in [0.3, 0.4) is 0 Å². The van der Waals surface area contributed by atoms with E-state index in [9.17, 15) is 18.0 Å². The molecule has 0 aromatic heterocycles. The zero-order valence-corrected chi connectivity index (χ0v) is 18.2. The molecule has 0 aliphatic heterocycles. The van der Waals surface area contributed by atoms with Gasteiger partial charge in [0.15, 0.2) is 6.61 Å². The summed E-state index contributed by atoms with van der Waals surface area (Å²) in [5.41, 5.74) is 0.456. The topological polar surface area (TPSA) is 35.5 Å². The molecule has 0 amide bonds. The summed E-state index contributed by atoms with van der Waals surface area (Å²) in [6, 6.07) is 10.1. The fourth-order valence-electron chi connectivity index (χ4n) is 3.43. The van der Waals surface area contributed by atoms with Gasteiger partial charge in [-0.05, 0) is 49.3 Å². The summed E-state index contributed by atoms with van der Waals surface area (Å²) >= 11 is 7.81. The Labute approximate surface area is 182 Å². The van der Waals surface area contributed by atoms with Crippen molar-refractivity contribution in [3.8, 4) is 22.6 Å².